The monoisotopic (exact) mass is 404 g/mol. The quantitative estimate of drug-likeness (QED) is 0.411. The van der Waals surface area contributed by atoms with Crippen molar-refractivity contribution >= 4 is 34.5 Å². The van der Waals surface area contributed by atoms with Crippen LogP contribution in [0.2, 0.25) is 0 Å². The molecule has 29 heavy (non-hydrogen) atoms. The minimum atomic E-state index is -0.350. The third kappa shape index (κ3) is 4.97. The Kier molecular flexibility index (Phi) is 5.81. The third-order valence-electron chi connectivity index (χ3n) is 4.29. The summed E-state index contributed by atoms with van der Waals surface area (Å²) in [5, 5.41) is 3.05. The first-order valence-electron chi connectivity index (χ1n) is 9.27. The molecule has 0 radical (unpaired) electrons. The van der Waals surface area contributed by atoms with Crippen LogP contribution >= 0.6 is 11.8 Å². The van der Waals surface area contributed by atoms with E-state index in [0.29, 0.717) is 23.1 Å². The van der Waals surface area contributed by atoms with Crippen molar-refractivity contribution in [1.82, 2.24) is 4.98 Å². The lowest BCUT2D eigenvalue weighted by Crippen LogP contribution is -2.22. The highest BCUT2D eigenvalue weighted by Crippen LogP contribution is 2.27. The highest BCUT2D eigenvalue weighted by molar-refractivity contribution is 8.00. The molecule has 0 fully saturated rings. The smallest absolute Gasteiger partial charge is 0.257 e. The van der Waals surface area contributed by atoms with Crippen molar-refractivity contribution in [3.8, 4) is 5.75 Å². The van der Waals surface area contributed by atoms with Crippen LogP contribution in [-0.2, 0) is 11.4 Å². The van der Waals surface area contributed by atoms with Crippen molar-refractivity contribution in [2.75, 3.05) is 5.32 Å². The van der Waals surface area contributed by atoms with Crippen molar-refractivity contribution < 1.29 is 13.9 Å². The number of amides is 1. The first-order valence-corrected chi connectivity index (χ1v) is 10.2. The van der Waals surface area contributed by atoms with E-state index in [9.17, 15) is 4.79 Å². The Bertz CT molecular complexity index is 1060. The van der Waals surface area contributed by atoms with Gasteiger partial charge in [0.2, 0.25) is 5.91 Å². The van der Waals surface area contributed by atoms with Crippen LogP contribution in [0.25, 0.3) is 11.1 Å². The maximum Gasteiger partial charge on any atom is 0.257 e. The van der Waals surface area contributed by atoms with E-state index in [1.165, 1.54) is 11.8 Å². The second-order valence-corrected chi connectivity index (χ2v) is 7.79. The predicted octanol–water partition coefficient (Wildman–Crippen LogP) is 5.53. The minimum Gasteiger partial charge on any atom is -0.489 e. The number of carbonyl (C=O) groups excluding carboxylic acids is 1. The van der Waals surface area contributed by atoms with Crippen molar-refractivity contribution in [2.24, 2.45) is 0 Å². The second kappa shape index (κ2) is 8.84. The highest BCUT2D eigenvalue weighted by atomic mass is 32.2. The van der Waals surface area contributed by atoms with Gasteiger partial charge in [-0.15, -0.1) is 0 Å². The molecule has 1 N–H and O–H groups in total. The molecule has 146 valence electrons. The zero-order valence-corrected chi connectivity index (χ0v) is 16.7. The molecule has 1 atom stereocenters. The van der Waals surface area contributed by atoms with E-state index in [4.69, 9.17) is 9.15 Å². The number of aromatic nitrogens is 1. The van der Waals surface area contributed by atoms with Gasteiger partial charge in [0.25, 0.3) is 5.22 Å². The second-order valence-electron chi connectivity index (χ2n) is 6.50. The fraction of sp³-hybridized carbons (Fsp3) is 0.130. The number of oxazole rings is 1. The Balaban J connectivity index is 1.31. The Hall–Kier alpha value is -3.25. The van der Waals surface area contributed by atoms with Gasteiger partial charge in [0.15, 0.2) is 5.58 Å². The summed E-state index contributed by atoms with van der Waals surface area (Å²) in [5.74, 6) is 0.635. The fourth-order valence-electron chi connectivity index (χ4n) is 2.73. The SMILES string of the molecule is CC(Sc1nc2ccccc2o1)C(=O)Nc1ccc(OCc2ccccc2)cc1. The van der Waals surface area contributed by atoms with E-state index < -0.39 is 0 Å². The molecule has 5 nitrogen and oxygen atoms in total. The van der Waals surface area contributed by atoms with Gasteiger partial charge in [-0.05, 0) is 48.9 Å². The molecule has 6 heteroatoms. The molecule has 0 aliphatic rings. The summed E-state index contributed by atoms with van der Waals surface area (Å²) in [7, 11) is 0. The van der Waals surface area contributed by atoms with Crippen LogP contribution in [0.4, 0.5) is 5.69 Å². The van der Waals surface area contributed by atoms with Gasteiger partial charge in [0.05, 0.1) is 5.25 Å². The van der Waals surface area contributed by atoms with E-state index >= 15 is 0 Å². The number of para-hydroxylation sites is 2. The van der Waals surface area contributed by atoms with Crippen LogP contribution in [-0.4, -0.2) is 16.1 Å². The summed E-state index contributed by atoms with van der Waals surface area (Å²) >= 11 is 1.29. The van der Waals surface area contributed by atoms with Crippen LogP contribution in [0.1, 0.15) is 12.5 Å². The summed E-state index contributed by atoms with van der Waals surface area (Å²) in [5.41, 5.74) is 3.32. The number of hydrogen-bond donors (Lipinski definition) is 1. The molecule has 1 amide bonds. The zero-order chi connectivity index (χ0) is 20.1. The molecule has 0 bridgehead atoms. The molecule has 0 saturated carbocycles. The maximum absolute atomic E-state index is 12.5. The van der Waals surface area contributed by atoms with Gasteiger partial charge in [-0.2, -0.15) is 0 Å². The Morgan fingerprint density at radius 1 is 1.03 bits per heavy atom. The van der Waals surface area contributed by atoms with Gasteiger partial charge in [0, 0.05) is 5.69 Å². The maximum atomic E-state index is 12.5. The fourth-order valence-corrected chi connectivity index (χ4v) is 3.48. The lowest BCUT2D eigenvalue weighted by atomic mass is 10.2. The van der Waals surface area contributed by atoms with Gasteiger partial charge in [0.1, 0.15) is 17.9 Å². The van der Waals surface area contributed by atoms with Crippen LogP contribution in [0.15, 0.2) is 88.5 Å². The van der Waals surface area contributed by atoms with Crippen LogP contribution in [0, 0.1) is 0 Å². The molecule has 0 aliphatic heterocycles. The molecular formula is C23H20N2O3S. The van der Waals surface area contributed by atoms with Gasteiger partial charge >= 0.3 is 0 Å². The number of rotatable bonds is 7. The molecule has 0 aliphatic carbocycles. The van der Waals surface area contributed by atoms with Gasteiger partial charge in [-0.1, -0.05) is 54.2 Å². The Morgan fingerprint density at radius 2 is 1.76 bits per heavy atom. The standard InChI is InChI=1S/C23H20N2O3S/c1-16(29-23-25-20-9-5-6-10-21(20)28-23)22(26)24-18-11-13-19(14-12-18)27-15-17-7-3-2-4-8-17/h2-14,16H,15H2,1H3,(H,24,26). The summed E-state index contributed by atoms with van der Waals surface area (Å²) in [4.78, 5) is 16.9. The number of nitrogens with zero attached hydrogens (tertiary/aromatic N) is 1. The highest BCUT2D eigenvalue weighted by Gasteiger charge is 2.18. The molecule has 1 aromatic heterocycles. The molecule has 1 unspecified atom stereocenters. The molecule has 3 aromatic carbocycles. The number of thioether (sulfide) groups is 1. The predicted molar refractivity (Wildman–Crippen MR) is 115 cm³/mol. The number of nitrogens with one attached hydrogen (secondary N) is 1. The number of anilines is 1. The van der Waals surface area contributed by atoms with E-state index in [2.05, 4.69) is 10.3 Å². The van der Waals surface area contributed by atoms with Gasteiger partial charge in [-0.3, -0.25) is 4.79 Å². The van der Waals surface area contributed by atoms with Gasteiger partial charge in [-0.25, -0.2) is 4.98 Å². The van der Waals surface area contributed by atoms with Crippen LogP contribution < -0.4 is 10.1 Å². The van der Waals surface area contributed by atoms with Crippen LogP contribution in [0.3, 0.4) is 0 Å². The Labute approximate surface area is 173 Å². The van der Waals surface area contributed by atoms with E-state index in [0.717, 1.165) is 16.8 Å². The summed E-state index contributed by atoms with van der Waals surface area (Å²) in [6.07, 6.45) is 0. The molecular weight excluding hydrogens is 384 g/mol. The normalized spacial score (nSPS) is 11.9. The summed E-state index contributed by atoms with van der Waals surface area (Å²) in [6, 6.07) is 24.9. The first-order chi connectivity index (χ1) is 14.2. The number of fused-ring (bicyclic) bond motifs is 1. The molecule has 4 rings (SSSR count). The van der Waals surface area contributed by atoms with E-state index in [1.54, 1.807) is 0 Å². The van der Waals surface area contributed by atoms with Crippen LogP contribution in [0.5, 0.6) is 5.75 Å². The largest absolute Gasteiger partial charge is 0.489 e. The third-order valence-corrected chi connectivity index (χ3v) is 5.24. The zero-order valence-electron chi connectivity index (χ0n) is 15.9. The number of carbonyl (C=O) groups is 1. The molecule has 4 aromatic rings. The molecule has 0 spiro atoms. The summed E-state index contributed by atoms with van der Waals surface area (Å²) in [6.45, 7) is 2.33. The lowest BCUT2D eigenvalue weighted by Gasteiger charge is -2.11. The average Bonchev–Trinajstić information content (AvgIpc) is 3.16. The number of hydrogen-bond acceptors (Lipinski definition) is 5. The van der Waals surface area contributed by atoms with E-state index in [-0.39, 0.29) is 11.2 Å². The number of benzene rings is 3. The van der Waals surface area contributed by atoms with E-state index in [1.807, 2.05) is 85.8 Å². The molecule has 0 saturated heterocycles. The number of ether oxygens (including phenoxy) is 1. The van der Waals surface area contributed by atoms with Crippen molar-refractivity contribution in [3.63, 3.8) is 0 Å². The lowest BCUT2D eigenvalue weighted by molar-refractivity contribution is -0.115. The average molecular weight is 404 g/mol. The topological polar surface area (TPSA) is 64.4 Å². The van der Waals surface area contributed by atoms with Gasteiger partial charge < -0.3 is 14.5 Å². The Morgan fingerprint density at radius 3 is 2.52 bits per heavy atom. The van der Waals surface area contributed by atoms with Crippen molar-refractivity contribution in [2.45, 2.75) is 24.0 Å². The minimum absolute atomic E-state index is 0.116. The van der Waals surface area contributed by atoms with Crippen molar-refractivity contribution in [1.29, 1.82) is 0 Å². The summed E-state index contributed by atoms with van der Waals surface area (Å²) < 4.78 is 11.4. The first kappa shape index (κ1) is 19.1. The van der Waals surface area contributed by atoms with Crippen molar-refractivity contribution in [3.05, 3.63) is 84.4 Å². The molecule has 1 heterocycles.